The maximum absolute atomic E-state index is 13.9. The lowest BCUT2D eigenvalue weighted by molar-refractivity contribution is -0.187. The molecule has 7 heteroatoms. The van der Waals surface area contributed by atoms with Gasteiger partial charge in [-0.05, 0) is 24.3 Å². The Morgan fingerprint density at radius 3 is 2.20 bits per heavy atom. The lowest BCUT2D eigenvalue weighted by Crippen LogP contribution is -2.23. The molecule has 0 atom stereocenters. The number of hydrogen-bond acceptors (Lipinski definition) is 1. The van der Waals surface area contributed by atoms with Crippen LogP contribution in [0.15, 0.2) is 40.9 Å². The van der Waals surface area contributed by atoms with E-state index in [2.05, 4.69) is 20.7 Å². The van der Waals surface area contributed by atoms with Crippen LogP contribution in [-0.4, -0.2) is 0 Å². The molecule has 0 aliphatic heterocycles. The molecule has 2 aromatic rings. The number of alkyl halides is 2. The lowest BCUT2D eigenvalue weighted by Gasteiger charge is -2.19. The molecule has 0 N–H and O–H groups in total. The molecule has 0 aliphatic carbocycles. The molecule has 106 valence electrons. The molecule has 0 aliphatic rings. The second-order valence-electron chi connectivity index (χ2n) is 3.77. The van der Waals surface area contributed by atoms with Crippen LogP contribution in [0.3, 0.4) is 0 Å². The fourth-order valence-corrected chi connectivity index (χ4v) is 1.99. The summed E-state index contributed by atoms with van der Waals surface area (Å²) in [4.78, 5) is 0. The van der Waals surface area contributed by atoms with Gasteiger partial charge in [0.2, 0.25) is 5.82 Å². The zero-order valence-corrected chi connectivity index (χ0v) is 11.2. The van der Waals surface area contributed by atoms with E-state index >= 15 is 0 Å². The third kappa shape index (κ3) is 2.77. The number of ether oxygens (including phenoxy) is 1. The van der Waals surface area contributed by atoms with Gasteiger partial charge in [0, 0.05) is 4.47 Å². The van der Waals surface area contributed by atoms with E-state index in [9.17, 15) is 22.0 Å². The van der Waals surface area contributed by atoms with Crippen molar-refractivity contribution in [1.29, 1.82) is 0 Å². The molecule has 0 aromatic heterocycles. The Labute approximate surface area is 119 Å². The number of benzene rings is 2. The fraction of sp³-hybridized carbons (Fsp3) is 0.0769. The Kier molecular flexibility index (Phi) is 3.99. The summed E-state index contributed by atoms with van der Waals surface area (Å²) >= 11 is 2.90. The van der Waals surface area contributed by atoms with Gasteiger partial charge in [0.05, 0.1) is 5.56 Å². The van der Waals surface area contributed by atoms with Crippen LogP contribution in [-0.2, 0) is 6.11 Å². The Hall–Kier alpha value is -1.63. The molecule has 0 fully saturated rings. The summed E-state index contributed by atoms with van der Waals surface area (Å²) in [5.74, 6) is -6.24. The molecule has 0 saturated carbocycles. The maximum Gasteiger partial charge on any atom is 0.427 e. The minimum absolute atomic E-state index is 0.0352. The van der Waals surface area contributed by atoms with Gasteiger partial charge < -0.3 is 4.74 Å². The highest BCUT2D eigenvalue weighted by Gasteiger charge is 2.37. The van der Waals surface area contributed by atoms with Crippen molar-refractivity contribution in [2.75, 3.05) is 0 Å². The SMILES string of the molecule is Fc1ccc(OC(F)(F)c2ccccc2Br)c(F)c1F. The van der Waals surface area contributed by atoms with Crippen molar-refractivity contribution in [2.24, 2.45) is 0 Å². The maximum atomic E-state index is 13.9. The molecule has 0 unspecified atom stereocenters. The van der Waals surface area contributed by atoms with Gasteiger partial charge in [-0.1, -0.05) is 28.1 Å². The van der Waals surface area contributed by atoms with Crippen LogP contribution >= 0.6 is 15.9 Å². The van der Waals surface area contributed by atoms with Crippen molar-refractivity contribution in [3.8, 4) is 5.75 Å². The molecule has 0 saturated heterocycles. The second-order valence-corrected chi connectivity index (χ2v) is 4.63. The van der Waals surface area contributed by atoms with E-state index in [1.54, 1.807) is 0 Å². The molecule has 0 bridgehead atoms. The van der Waals surface area contributed by atoms with E-state index in [4.69, 9.17) is 0 Å². The molecule has 0 amide bonds. The average Bonchev–Trinajstić information content (AvgIpc) is 2.40. The summed E-state index contributed by atoms with van der Waals surface area (Å²) in [6, 6.07) is 6.33. The molecule has 1 nitrogen and oxygen atoms in total. The van der Waals surface area contributed by atoms with Crippen LogP contribution in [0, 0.1) is 17.5 Å². The van der Waals surface area contributed by atoms with Crippen molar-refractivity contribution >= 4 is 15.9 Å². The Bertz CT molecular complexity index is 645. The molecular formula is C13H6BrF5O. The first-order valence-electron chi connectivity index (χ1n) is 5.28. The molecule has 0 radical (unpaired) electrons. The molecule has 0 heterocycles. The van der Waals surface area contributed by atoms with E-state index in [1.165, 1.54) is 18.2 Å². The minimum atomic E-state index is -3.91. The largest absolute Gasteiger partial charge is 0.427 e. The highest BCUT2D eigenvalue weighted by molar-refractivity contribution is 9.10. The Morgan fingerprint density at radius 1 is 0.900 bits per heavy atom. The van der Waals surface area contributed by atoms with Crippen LogP contribution in [0.4, 0.5) is 22.0 Å². The van der Waals surface area contributed by atoms with Gasteiger partial charge in [0.15, 0.2) is 17.4 Å². The van der Waals surface area contributed by atoms with E-state index < -0.39 is 34.9 Å². The van der Waals surface area contributed by atoms with Crippen molar-refractivity contribution in [2.45, 2.75) is 6.11 Å². The van der Waals surface area contributed by atoms with Gasteiger partial charge in [0.1, 0.15) is 0 Å². The van der Waals surface area contributed by atoms with Gasteiger partial charge in [0.25, 0.3) is 0 Å². The number of rotatable bonds is 3. The lowest BCUT2D eigenvalue weighted by atomic mass is 10.2. The highest BCUT2D eigenvalue weighted by Crippen LogP contribution is 2.37. The predicted molar refractivity (Wildman–Crippen MR) is 65.0 cm³/mol. The van der Waals surface area contributed by atoms with Gasteiger partial charge in [-0.3, -0.25) is 0 Å². The molecule has 0 spiro atoms. The predicted octanol–water partition coefficient (Wildman–Crippen LogP) is 4.99. The zero-order valence-electron chi connectivity index (χ0n) is 9.64. The normalized spacial score (nSPS) is 11.5. The van der Waals surface area contributed by atoms with Crippen molar-refractivity contribution in [1.82, 2.24) is 0 Å². The topological polar surface area (TPSA) is 9.23 Å². The van der Waals surface area contributed by atoms with Crippen molar-refractivity contribution in [3.05, 3.63) is 63.9 Å². The van der Waals surface area contributed by atoms with Crippen LogP contribution in [0.5, 0.6) is 5.75 Å². The average molecular weight is 353 g/mol. The fourth-order valence-electron chi connectivity index (χ4n) is 1.48. The number of halogens is 6. The smallest absolute Gasteiger partial charge is 0.426 e. The quantitative estimate of drug-likeness (QED) is 0.558. The molecule has 20 heavy (non-hydrogen) atoms. The Balaban J connectivity index is 2.39. The van der Waals surface area contributed by atoms with Gasteiger partial charge >= 0.3 is 6.11 Å². The first kappa shape index (κ1) is 14.8. The molecule has 2 aromatic carbocycles. The third-order valence-corrected chi connectivity index (χ3v) is 3.12. The van der Waals surface area contributed by atoms with Gasteiger partial charge in [-0.15, -0.1) is 0 Å². The summed E-state index contributed by atoms with van der Waals surface area (Å²) in [5.41, 5.74) is -0.566. The summed E-state index contributed by atoms with van der Waals surface area (Å²) in [6.45, 7) is 0. The number of hydrogen-bond donors (Lipinski definition) is 0. The zero-order chi connectivity index (χ0) is 14.9. The standard InChI is InChI=1S/C13H6BrF5O/c14-8-4-2-1-3-7(8)13(18,19)20-10-6-5-9(15)11(16)12(10)17/h1-6H. The van der Waals surface area contributed by atoms with Crippen LogP contribution in [0.2, 0.25) is 0 Å². The van der Waals surface area contributed by atoms with Crippen LogP contribution < -0.4 is 4.74 Å². The summed E-state index contributed by atoms with van der Waals surface area (Å²) in [5, 5.41) is 0. The highest BCUT2D eigenvalue weighted by atomic mass is 79.9. The van der Waals surface area contributed by atoms with Crippen LogP contribution in [0.1, 0.15) is 5.56 Å². The van der Waals surface area contributed by atoms with E-state index in [0.717, 1.165) is 6.07 Å². The van der Waals surface area contributed by atoms with Gasteiger partial charge in [-0.2, -0.15) is 13.2 Å². The minimum Gasteiger partial charge on any atom is -0.426 e. The van der Waals surface area contributed by atoms with Gasteiger partial charge in [-0.25, -0.2) is 8.78 Å². The van der Waals surface area contributed by atoms with Crippen molar-refractivity contribution < 1.29 is 26.7 Å². The first-order chi connectivity index (χ1) is 9.33. The van der Waals surface area contributed by atoms with E-state index in [-0.39, 0.29) is 4.47 Å². The van der Waals surface area contributed by atoms with E-state index in [0.29, 0.717) is 12.1 Å². The summed E-state index contributed by atoms with van der Waals surface area (Å²) in [6.07, 6.45) is -3.91. The van der Waals surface area contributed by atoms with E-state index in [1.807, 2.05) is 0 Å². The monoisotopic (exact) mass is 352 g/mol. The van der Waals surface area contributed by atoms with Crippen LogP contribution in [0.25, 0.3) is 0 Å². The molecular weight excluding hydrogens is 347 g/mol. The van der Waals surface area contributed by atoms with Crippen molar-refractivity contribution in [3.63, 3.8) is 0 Å². The summed E-state index contributed by atoms with van der Waals surface area (Å²) < 4.78 is 71.0. The molecule has 2 rings (SSSR count). The third-order valence-electron chi connectivity index (χ3n) is 2.43. The summed E-state index contributed by atoms with van der Waals surface area (Å²) in [7, 11) is 0. The first-order valence-corrected chi connectivity index (χ1v) is 6.07. The Morgan fingerprint density at radius 2 is 1.55 bits per heavy atom. The second kappa shape index (κ2) is 5.40.